The molecule has 0 fully saturated rings. The van der Waals surface area contributed by atoms with Crippen molar-refractivity contribution in [3.05, 3.63) is 46.9 Å². The summed E-state index contributed by atoms with van der Waals surface area (Å²) in [5, 5.41) is 5.61. The summed E-state index contributed by atoms with van der Waals surface area (Å²) in [6, 6.07) is 6.87. The normalized spacial score (nSPS) is 13.9. The van der Waals surface area contributed by atoms with Crippen molar-refractivity contribution in [3.63, 3.8) is 0 Å². The largest absolute Gasteiger partial charge is 0.455 e. The second-order valence-electron chi connectivity index (χ2n) is 7.87. The molecule has 1 aliphatic carbocycles. The Labute approximate surface area is 158 Å². The molecule has 2 amide bonds. The number of hydrogen-bond acceptors (Lipinski definition) is 4. The van der Waals surface area contributed by atoms with Gasteiger partial charge in [0.25, 0.3) is 5.91 Å². The molecule has 0 saturated carbocycles. The summed E-state index contributed by atoms with van der Waals surface area (Å²) >= 11 is 0. The molecule has 0 aliphatic heterocycles. The predicted molar refractivity (Wildman–Crippen MR) is 103 cm³/mol. The fraction of sp³-hybridized carbons (Fsp3) is 0.381. The molecule has 1 heterocycles. The summed E-state index contributed by atoms with van der Waals surface area (Å²) < 4.78 is 5.67. The molecule has 1 aliphatic rings. The number of anilines is 2. The van der Waals surface area contributed by atoms with Crippen LogP contribution in [-0.4, -0.2) is 17.6 Å². The smallest absolute Gasteiger partial charge is 0.291 e. The summed E-state index contributed by atoms with van der Waals surface area (Å²) in [7, 11) is 0. The van der Waals surface area contributed by atoms with E-state index in [2.05, 4.69) is 10.6 Å². The Bertz CT molecular complexity index is 901. The molecule has 1 aromatic carbocycles. The van der Waals surface area contributed by atoms with Crippen LogP contribution in [0.15, 0.2) is 28.7 Å². The van der Waals surface area contributed by atoms with Gasteiger partial charge >= 0.3 is 0 Å². The Morgan fingerprint density at radius 3 is 2.15 bits per heavy atom. The van der Waals surface area contributed by atoms with E-state index in [-0.39, 0.29) is 23.4 Å². The molecule has 0 atom stereocenters. The van der Waals surface area contributed by atoms with Gasteiger partial charge in [-0.1, -0.05) is 20.8 Å². The van der Waals surface area contributed by atoms with E-state index in [0.29, 0.717) is 41.1 Å². The fourth-order valence-electron chi connectivity index (χ4n) is 3.01. The second kappa shape index (κ2) is 7.02. The number of amides is 2. The van der Waals surface area contributed by atoms with E-state index in [1.54, 1.807) is 31.2 Å². The standard InChI is InChI=1S/C21H24N2O4/c1-12-17-15(24)6-5-7-16(17)27-18(12)19(25)22-13-8-10-14(11-9-13)23-20(26)21(2,3)4/h8-11H,5-7H2,1-4H3,(H,22,25)(H,23,26). The first kappa shape index (κ1) is 18.9. The number of nitrogens with one attached hydrogen (secondary N) is 2. The van der Waals surface area contributed by atoms with Crippen molar-refractivity contribution >= 4 is 29.0 Å². The zero-order valence-corrected chi connectivity index (χ0v) is 16.1. The lowest BCUT2D eigenvalue weighted by Gasteiger charge is -2.17. The van der Waals surface area contributed by atoms with Crippen LogP contribution in [0.4, 0.5) is 11.4 Å². The molecule has 1 aromatic heterocycles. The lowest BCUT2D eigenvalue weighted by Crippen LogP contribution is -2.27. The van der Waals surface area contributed by atoms with Crippen LogP contribution in [0.3, 0.4) is 0 Å². The predicted octanol–water partition coefficient (Wildman–Crippen LogP) is 4.34. The van der Waals surface area contributed by atoms with Crippen molar-refractivity contribution in [3.8, 4) is 0 Å². The lowest BCUT2D eigenvalue weighted by molar-refractivity contribution is -0.123. The molecule has 0 bridgehead atoms. The quantitative estimate of drug-likeness (QED) is 0.843. The SMILES string of the molecule is Cc1c(C(=O)Nc2ccc(NC(=O)C(C)(C)C)cc2)oc2c1C(=O)CCC2. The number of furan rings is 1. The van der Waals surface area contributed by atoms with Crippen molar-refractivity contribution in [1.82, 2.24) is 0 Å². The van der Waals surface area contributed by atoms with Gasteiger partial charge in [-0.3, -0.25) is 14.4 Å². The van der Waals surface area contributed by atoms with Gasteiger partial charge in [-0.2, -0.15) is 0 Å². The van der Waals surface area contributed by atoms with Gasteiger partial charge in [0.15, 0.2) is 11.5 Å². The van der Waals surface area contributed by atoms with Crippen molar-refractivity contribution in [2.24, 2.45) is 5.41 Å². The maximum Gasteiger partial charge on any atom is 0.291 e. The van der Waals surface area contributed by atoms with Crippen LogP contribution in [0, 0.1) is 12.3 Å². The fourth-order valence-corrected chi connectivity index (χ4v) is 3.01. The summed E-state index contributed by atoms with van der Waals surface area (Å²) in [6.07, 6.45) is 1.93. The monoisotopic (exact) mass is 368 g/mol. The number of carbonyl (C=O) groups excluding carboxylic acids is 3. The van der Waals surface area contributed by atoms with Gasteiger partial charge in [0.05, 0.1) is 5.56 Å². The van der Waals surface area contributed by atoms with E-state index < -0.39 is 5.41 Å². The zero-order valence-electron chi connectivity index (χ0n) is 16.1. The van der Waals surface area contributed by atoms with Crippen molar-refractivity contribution in [2.75, 3.05) is 10.6 Å². The number of benzene rings is 1. The summed E-state index contributed by atoms with van der Waals surface area (Å²) in [6.45, 7) is 7.26. The van der Waals surface area contributed by atoms with Crippen LogP contribution < -0.4 is 10.6 Å². The minimum absolute atomic E-state index is 0.0375. The highest BCUT2D eigenvalue weighted by Gasteiger charge is 2.28. The molecule has 0 spiro atoms. The third kappa shape index (κ3) is 3.94. The molecule has 3 rings (SSSR count). The Kier molecular flexibility index (Phi) is 4.91. The minimum atomic E-state index is -0.486. The number of fused-ring (bicyclic) bond motifs is 1. The van der Waals surface area contributed by atoms with E-state index in [0.717, 1.165) is 6.42 Å². The highest BCUT2D eigenvalue weighted by molar-refractivity contribution is 6.07. The van der Waals surface area contributed by atoms with Crippen LogP contribution >= 0.6 is 0 Å². The number of carbonyl (C=O) groups is 3. The average molecular weight is 368 g/mol. The second-order valence-corrected chi connectivity index (χ2v) is 7.87. The van der Waals surface area contributed by atoms with Gasteiger partial charge in [0.1, 0.15) is 5.76 Å². The Balaban J connectivity index is 1.72. The molecule has 6 heteroatoms. The van der Waals surface area contributed by atoms with E-state index in [4.69, 9.17) is 4.42 Å². The third-order valence-corrected chi connectivity index (χ3v) is 4.59. The highest BCUT2D eigenvalue weighted by Crippen LogP contribution is 2.30. The third-order valence-electron chi connectivity index (χ3n) is 4.59. The number of aryl methyl sites for hydroxylation is 1. The summed E-state index contributed by atoms with van der Waals surface area (Å²) in [4.78, 5) is 36.7. The Morgan fingerprint density at radius 1 is 1.00 bits per heavy atom. The van der Waals surface area contributed by atoms with Gasteiger partial charge in [-0.25, -0.2) is 0 Å². The highest BCUT2D eigenvalue weighted by atomic mass is 16.4. The topological polar surface area (TPSA) is 88.4 Å². The maximum atomic E-state index is 12.6. The number of hydrogen-bond donors (Lipinski definition) is 2. The first-order valence-corrected chi connectivity index (χ1v) is 9.05. The summed E-state index contributed by atoms with van der Waals surface area (Å²) in [5.41, 5.74) is 1.91. The average Bonchev–Trinajstić information content (AvgIpc) is 2.94. The molecule has 142 valence electrons. The molecule has 6 nitrogen and oxygen atoms in total. The zero-order chi connectivity index (χ0) is 19.8. The van der Waals surface area contributed by atoms with Gasteiger partial charge in [-0.05, 0) is 37.6 Å². The molecule has 0 unspecified atom stereocenters. The molecular formula is C21H24N2O4. The number of Topliss-reactive ketones (excluding diaryl/α,β-unsaturated/α-hetero) is 1. The lowest BCUT2D eigenvalue weighted by atomic mass is 9.94. The molecule has 0 radical (unpaired) electrons. The van der Waals surface area contributed by atoms with Crippen LogP contribution in [-0.2, 0) is 11.2 Å². The molecular weight excluding hydrogens is 344 g/mol. The number of ketones is 1. The Hall–Kier alpha value is -2.89. The first-order chi connectivity index (χ1) is 12.7. The molecule has 2 aromatic rings. The minimum Gasteiger partial charge on any atom is -0.455 e. The van der Waals surface area contributed by atoms with E-state index in [1.807, 2.05) is 20.8 Å². The van der Waals surface area contributed by atoms with Gasteiger partial charge in [-0.15, -0.1) is 0 Å². The van der Waals surface area contributed by atoms with Crippen molar-refractivity contribution < 1.29 is 18.8 Å². The van der Waals surface area contributed by atoms with Crippen molar-refractivity contribution in [2.45, 2.75) is 47.0 Å². The summed E-state index contributed by atoms with van der Waals surface area (Å²) in [5.74, 6) is 0.354. The first-order valence-electron chi connectivity index (χ1n) is 9.05. The van der Waals surface area contributed by atoms with Crippen LogP contribution in [0.25, 0.3) is 0 Å². The molecule has 0 saturated heterocycles. The number of rotatable bonds is 3. The van der Waals surface area contributed by atoms with Gasteiger partial charge < -0.3 is 15.1 Å². The maximum absolute atomic E-state index is 12.6. The van der Waals surface area contributed by atoms with Crippen LogP contribution in [0.5, 0.6) is 0 Å². The van der Waals surface area contributed by atoms with Gasteiger partial charge in [0.2, 0.25) is 5.91 Å². The van der Waals surface area contributed by atoms with Crippen molar-refractivity contribution in [1.29, 1.82) is 0 Å². The van der Waals surface area contributed by atoms with E-state index >= 15 is 0 Å². The van der Waals surface area contributed by atoms with Crippen LogP contribution in [0.2, 0.25) is 0 Å². The molecule has 27 heavy (non-hydrogen) atoms. The van der Waals surface area contributed by atoms with E-state index in [9.17, 15) is 14.4 Å². The molecule has 2 N–H and O–H groups in total. The van der Waals surface area contributed by atoms with Crippen LogP contribution in [0.1, 0.15) is 65.8 Å². The van der Waals surface area contributed by atoms with Gasteiger partial charge in [0, 0.05) is 35.2 Å². The van der Waals surface area contributed by atoms with E-state index in [1.165, 1.54) is 0 Å². The Morgan fingerprint density at radius 2 is 1.59 bits per heavy atom.